The maximum absolute atomic E-state index is 9.38. The highest BCUT2D eigenvalue weighted by Crippen LogP contribution is 2.33. The maximum Gasteiger partial charge on any atom is 0.115 e. The molecule has 0 heterocycles. The number of phenols is 1. The first-order chi connectivity index (χ1) is 6.75. The molecule has 0 amide bonds. The Morgan fingerprint density at radius 3 is 2.86 bits per heavy atom. The van der Waals surface area contributed by atoms with Crippen LogP contribution < -0.4 is 5.73 Å². The molecule has 0 spiro atoms. The molecule has 1 aliphatic rings. The number of benzene rings is 1. The molecule has 0 saturated heterocycles. The zero-order valence-corrected chi connectivity index (χ0v) is 8.32. The van der Waals surface area contributed by atoms with Crippen molar-refractivity contribution in [2.24, 2.45) is 5.73 Å². The van der Waals surface area contributed by atoms with Crippen molar-refractivity contribution in [2.45, 2.75) is 37.6 Å². The second-order valence-corrected chi connectivity index (χ2v) is 4.22. The van der Waals surface area contributed by atoms with Crippen molar-refractivity contribution in [3.8, 4) is 5.75 Å². The normalized spacial score (nSPS) is 27.5. The summed E-state index contributed by atoms with van der Waals surface area (Å²) in [5.74, 6) is 0.910. The van der Waals surface area contributed by atoms with Gasteiger partial charge in [-0.1, -0.05) is 18.6 Å². The van der Waals surface area contributed by atoms with Crippen molar-refractivity contribution >= 4 is 0 Å². The van der Waals surface area contributed by atoms with Crippen LogP contribution in [0.2, 0.25) is 0 Å². The second-order valence-electron chi connectivity index (χ2n) is 4.22. The van der Waals surface area contributed by atoms with Crippen LogP contribution in [-0.2, 0) is 0 Å². The lowest BCUT2D eigenvalue weighted by atomic mass is 9.82. The van der Waals surface area contributed by atoms with Crippen molar-refractivity contribution in [1.29, 1.82) is 0 Å². The fraction of sp³-hybridized carbons (Fsp3) is 0.500. The van der Waals surface area contributed by atoms with E-state index in [1.165, 1.54) is 18.4 Å². The SMILES string of the molecule is N[C@@H]1CCC[C@@H](c2cccc(O)c2)C1. The van der Waals surface area contributed by atoms with Crippen molar-refractivity contribution < 1.29 is 5.11 Å². The van der Waals surface area contributed by atoms with Crippen LogP contribution in [0.3, 0.4) is 0 Å². The quantitative estimate of drug-likeness (QED) is 0.716. The third-order valence-corrected chi connectivity index (χ3v) is 3.06. The third-order valence-electron chi connectivity index (χ3n) is 3.06. The number of phenolic OH excluding ortho intramolecular Hbond substituents is 1. The molecule has 0 aliphatic heterocycles. The van der Waals surface area contributed by atoms with E-state index in [1.807, 2.05) is 12.1 Å². The number of aromatic hydroxyl groups is 1. The van der Waals surface area contributed by atoms with Crippen LogP contribution in [0, 0.1) is 0 Å². The van der Waals surface area contributed by atoms with Crippen LogP contribution in [0.25, 0.3) is 0 Å². The number of rotatable bonds is 1. The fourth-order valence-corrected chi connectivity index (χ4v) is 2.31. The standard InChI is InChI=1S/C12H17NO/c13-11-5-1-3-9(7-11)10-4-2-6-12(14)8-10/h2,4,6,8-9,11,14H,1,3,5,7,13H2/t9-,11-/m1/s1. The van der Waals surface area contributed by atoms with E-state index in [0.717, 1.165) is 12.8 Å². The summed E-state index contributed by atoms with van der Waals surface area (Å²) in [5, 5.41) is 9.38. The average molecular weight is 191 g/mol. The lowest BCUT2D eigenvalue weighted by molar-refractivity contribution is 0.391. The van der Waals surface area contributed by atoms with Crippen LogP contribution in [0.4, 0.5) is 0 Å². The summed E-state index contributed by atoms with van der Waals surface area (Å²) < 4.78 is 0. The second kappa shape index (κ2) is 4.01. The Kier molecular flexibility index (Phi) is 2.73. The molecule has 1 aromatic rings. The highest BCUT2D eigenvalue weighted by molar-refractivity contribution is 5.30. The van der Waals surface area contributed by atoms with E-state index in [1.54, 1.807) is 6.07 Å². The highest BCUT2D eigenvalue weighted by Gasteiger charge is 2.20. The van der Waals surface area contributed by atoms with E-state index in [9.17, 15) is 5.11 Å². The van der Waals surface area contributed by atoms with Gasteiger partial charge in [-0.25, -0.2) is 0 Å². The number of nitrogens with two attached hydrogens (primary N) is 1. The van der Waals surface area contributed by atoms with E-state index < -0.39 is 0 Å². The summed E-state index contributed by atoms with van der Waals surface area (Å²) in [6, 6.07) is 7.92. The largest absolute Gasteiger partial charge is 0.508 e. The van der Waals surface area contributed by atoms with Gasteiger partial charge in [-0.05, 0) is 42.9 Å². The Morgan fingerprint density at radius 1 is 1.29 bits per heavy atom. The molecule has 3 N–H and O–H groups in total. The van der Waals surface area contributed by atoms with Gasteiger partial charge >= 0.3 is 0 Å². The lowest BCUT2D eigenvalue weighted by Crippen LogP contribution is -2.26. The van der Waals surface area contributed by atoms with Crippen LogP contribution in [0.1, 0.15) is 37.2 Å². The van der Waals surface area contributed by atoms with E-state index in [2.05, 4.69) is 6.07 Å². The number of hydrogen-bond donors (Lipinski definition) is 2. The zero-order chi connectivity index (χ0) is 9.97. The van der Waals surface area contributed by atoms with Crippen molar-refractivity contribution in [3.63, 3.8) is 0 Å². The van der Waals surface area contributed by atoms with Gasteiger partial charge in [0.1, 0.15) is 5.75 Å². The first kappa shape index (κ1) is 9.53. The first-order valence-electron chi connectivity index (χ1n) is 5.30. The molecule has 2 atom stereocenters. The van der Waals surface area contributed by atoms with Gasteiger partial charge in [-0.15, -0.1) is 0 Å². The predicted molar refractivity (Wildman–Crippen MR) is 57.3 cm³/mol. The first-order valence-corrected chi connectivity index (χ1v) is 5.30. The Balaban J connectivity index is 2.14. The molecule has 76 valence electrons. The lowest BCUT2D eigenvalue weighted by Gasteiger charge is -2.26. The summed E-state index contributed by atoms with van der Waals surface area (Å²) in [7, 11) is 0. The Morgan fingerprint density at radius 2 is 2.14 bits per heavy atom. The minimum Gasteiger partial charge on any atom is -0.508 e. The molecule has 1 saturated carbocycles. The Bertz CT molecular complexity index is 311. The van der Waals surface area contributed by atoms with Crippen LogP contribution in [-0.4, -0.2) is 11.1 Å². The summed E-state index contributed by atoms with van der Waals surface area (Å²) in [6.07, 6.45) is 4.62. The van der Waals surface area contributed by atoms with Gasteiger partial charge < -0.3 is 10.8 Å². The summed E-state index contributed by atoms with van der Waals surface area (Å²) in [4.78, 5) is 0. The van der Waals surface area contributed by atoms with Gasteiger partial charge in [0.25, 0.3) is 0 Å². The smallest absolute Gasteiger partial charge is 0.115 e. The molecule has 0 radical (unpaired) electrons. The molecule has 2 heteroatoms. The number of hydrogen-bond acceptors (Lipinski definition) is 2. The topological polar surface area (TPSA) is 46.2 Å². The molecular weight excluding hydrogens is 174 g/mol. The van der Waals surface area contributed by atoms with Crippen molar-refractivity contribution in [1.82, 2.24) is 0 Å². The van der Waals surface area contributed by atoms with Gasteiger partial charge in [0.15, 0.2) is 0 Å². The molecule has 1 aliphatic carbocycles. The molecule has 0 bridgehead atoms. The van der Waals surface area contributed by atoms with E-state index in [4.69, 9.17) is 5.73 Å². The molecular formula is C12H17NO. The molecule has 14 heavy (non-hydrogen) atoms. The van der Waals surface area contributed by atoms with Gasteiger partial charge in [0.05, 0.1) is 0 Å². The fourth-order valence-electron chi connectivity index (χ4n) is 2.31. The van der Waals surface area contributed by atoms with Crippen molar-refractivity contribution in [3.05, 3.63) is 29.8 Å². The van der Waals surface area contributed by atoms with E-state index >= 15 is 0 Å². The monoisotopic (exact) mass is 191 g/mol. The van der Waals surface area contributed by atoms with Gasteiger partial charge in [-0.2, -0.15) is 0 Å². The summed E-state index contributed by atoms with van der Waals surface area (Å²) in [6.45, 7) is 0. The molecule has 1 fully saturated rings. The highest BCUT2D eigenvalue weighted by atomic mass is 16.3. The minimum atomic E-state index is 0.344. The molecule has 0 aromatic heterocycles. The van der Waals surface area contributed by atoms with E-state index in [-0.39, 0.29) is 0 Å². The predicted octanol–water partition coefficient (Wildman–Crippen LogP) is 2.38. The van der Waals surface area contributed by atoms with Crippen molar-refractivity contribution in [2.75, 3.05) is 0 Å². The molecule has 0 unspecified atom stereocenters. The molecule has 2 nitrogen and oxygen atoms in total. The third kappa shape index (κ3) is 2.07. The Hall–Kier alpha value is -1.02. The van der Waals surface area contributed by atoms with E-state index in [0.29, 0.717) is 17.7 Å². The van der Waals surface area contributed by atoms with Gasteiger partial charge in [0.2, 0.25) is 0 Å². The molecule has 1 aromatic carbocycles. The molecule has 2 rings (SSSR count). The zero-order valence-electron chi connectivity index (χ0n) is 8.32. The minimum absolute atomic E-state index is 0.344. The average Bonchev–Trinajstić information content (AvgIpc) is 2.18. The Labute approximate surface area is 84.7 Å². The van der Waals surface area contributed by atoms with Crippen LogP contribution in [0.15, 0.2) is 24.3 Å². The van der Waals surface area contributed by atoms with Gasteiger partial charge in [0, 0.05) is 6.04 Å². The van der Waals surface area contributed by atoms with Crippen LogP contribution >= 0.6 is 0 Å². The van der Waals surface area contributed by atoms with Gasteiger partial charge in [-0.3, -0.25) is 0 Å². The maximum atomic E-state index is 9.38. The summed E-state index contributed by atoms with van der Waals surface area (Å²) in [5.41, 5.74) is 7.17. The van der Waals surface area contributed by atoms with Crippen LogP contribution in [0.5, 0.6) is 5.75 Å². The summed E-state index contributed by atoms with van der Waals surface area (Å²) >= 11 is 0.